The first kappa shape index (κ1) is 22.0. The second-order valence-electron chi connectivity index (χ2n) is 10.0. The SMILES string of the molecule is CC(=O)Nc1ccc(-c2cnc(N[C@H]3C[C@H]4CN(C(=O)O)C(C(C)(C)C)[C@H]4C3)cn2)cc1. The Kier molecular flexibility index (Phi) is 5.79. The molecule has 2 heterocycles. The monoisotopic (exact) mass is 437 g/mol. The minimum atomic E-state index is -0.810. The number of nitrogens with one attached hydrogen (secondary N) is 2. The predicted octanol–water partition coefficient (Wildman–Crippen LogP) is 4.32. The summed E-state index contributed by atoms with van der Waals surface area (Å²) in [4.78, 5) is 33.6. The summed E-state index contributed by atoms with van der Waals surface area (Å²) in [6, 6.07) is 7.79. The van der Waals surface area contributed by atoms with Gasteiger partial charge in [0.25, 0.3) is 0 Å². The van der Waals surface area contributed by atoms with Gasteiger partial charge >= 0.3 is 6.09 Å². The summed E-state index contributed by atoms with van der Waals surface area (Å²) in [5, 5.41) is 15.9. The lowest BCUT2D eigenvalue weighted by molar-refractivity contribution is -0.114. The molecular weight excluding hydrogens is 406 g/mol. The van der Waals surface area contributed by atoms with Crippen LogP contribution in [0.2, 0.25) is 0 Å². The molecule has 3 N–H and O–H groups in total. The van der Waals surface area contributed by atoms with Crippen molar-refractivity contribution in [2.45, 2.75) is 52.6 Å². The lowest BCUT2D eigenvalue weighted by Crippen LogP contribution is -2.46. The number of carboxylic acid groups (broad SMARTS) is 1. The fraction of sp³-hybridized carbons (Fsp3) is 0.500. The number of aromatic nitrogens is 2. The van der Waals surface area contributed by atoms with E-state index in [1.807, 2.05) is 24.3 Å². The van der Waals surface area contributed by atoms with Crippen LogP contribution in [0.3, 0.4) is 0 Å². The Morgan fingerprint density at radius 2 is 1.81 bits per heavy atom. The summed E-state index contributed by atoms with van der Waals surface area (Å²) in [6.07, 6.45) is 4.56. The van der Waals surface area contributed by atoms with Crippen LogP contribution in [0.25, 0.3) is 11.3 Å². The number of hydrogen-bond donors (Lipinski definition) is 3. The summed E-state index contributed by atoms with van der Waals surface area (Å²) in [7, 11) is 0. The lowest BCUT2D eigenvalue weighted by atomic mass is 9.77. The number of fused-ring (bicyclic) bond motifs is 1. The molecule has 0 radical (unpaired) electrons. The maximum Gasteiger partial charge on any atom is 0.407 e. The average Bonchev–Trinajstić information content (AvgIpc) is 3.25. The first-order chi connectivity index (χ1) is 15.1. The van der Waals surface area contributed by atoms with Gasteiger partial charge in [-0.2, -0.15) is 0 Å². The minimum Gasteiger partial charge on any atom is -0.465 e. The van der Waals surface area contributed by atoms with Gasteiger partial charge in [0.2, 0.25) is 5.91 Å². The molecule has 2 aromatic rings. The molecule has 1 unspecified atom stereocenters. The van der Waals surface area contributed by atoms with Gasteiger partial charge in [0.15, 0.2) is 0 Å². The van der Waals surface area contributed by atoms with E-state index >= 15 is 0 Å². The van der Waals surface area contributed by atoms with Crippen LogP contribution in [-0.2, 0) is 4.79 Å². The molecule has 170 valence electrons. The Balaban J connectivity index is 1.40. The van der Waals surface area contributed by atoms with Crippen LogP contribution < -0.4 is 10.6 Å². The fourth-order valence-electron chi connectivity index (χ4n) is 5.46. The molecule has 1 aliphatic heterocycles. The zero-order chi connectivity index (χ0) is 23.0. The van der Waals surface area contributed by atoms with Crippen LogP contribution in [0.4, 0.5) is 16.3 Å². The van der Waals surface area contributed by atoms with Gasteiger partial charge in [0, 0.05) is 36.8 Å². The zero-order valence-corrected chi connectivity index (χ0v) is 19.0. The van der Waals surface area contributed by atoms with Crippen molar-refractivity contribution in [3.63, 3.8) is 0 Å². The second-order valence-corrected chi connectivity index (χ2v) is 10.0. The minimum absolute atomic E-state index is 0.0331. The number of nitrogens with zero attached hydrogens (tertiary/aromatic N) is 3. The molecule has 2 aliphatic rings. The summed E-state index contributed by atoms with van der Waals surface area (Å²) in [6.45, 7) is 8.48. The maximum absolute atomic E-state index is 11.8. The maximum atomic E-state index is 11.8. The highest BCUT2D eigenvalue weighted by atomic mass is 16.4. The van der Waals surface area contributed by atoms with Crippen molar-refractivity contribution in [2.75, 3.05) is 17.2 Å². The number of likely N-dealkylation sites (tertiary alicyclic amines) is 1. The van der Waals surface area contributed by atoms with Gasteiger partial charge in [-0.15, -0.1) is 0 Å². The molecule has 8 nitrogen and oxygen atoms in total. The molecule has 1 saturated carbocycles. The number of hydrogen-bond acceptors (Lipinski definition) is 5. The van der Waals surface area contributed by atoms with Gasteiger partial charge in [0.1, 0.15) is 5.82 Å². The van der Waals surface area contributed by atoms with E-state index in [1.54, 1.807) is 17.3 Å². The highest BCUT2D eigenvalue weighted by Gasteiger charge is 2.52. The van der Waals surface area contributed by atoms with Gasteiger partial charge in [-0.3, -0.25) is 9.78 Å². The molecule has 2 fully saturated rings. The first-order valence-electron chi connectivity index (χ1n) is 11.1. The standard InChI is InChI=1S/C24H31N5O3/c1-14(30)27-17-7-5-15(6-8-17)20-11-26-21(12-25-20)28-18-9-16-13-29(23(31)32)22(19(16)10-18)24(2,3)4/h5-8,11-12,16,18-19,22H,9-10,13H2,1-4H3,(H,26,28)(H,27,30)(H,31,32)/t16-,18-,19-,22?/m0/s1. The molecule has 1 aromatic heterocycles. The van der Waals surface area contributed by atoms with Crippen molar-refractivity contribution < 1.29 is 14.7 Å². The molecule has 2 amide bonds. The third kappa shape index (κ3) is 4.54. The Bertz CT molecular complexity index is 984. The van der Waals surface area contributed by atoms with Crippen LogP contribution in [-0.4, -0.2) is 50.6 Å². The Labute approximate surface area is 188 Å². The Morgan fingerprint density at radius 3 is 2.38 bits per heavy atom. The quantitative estimate of drug-likeness (QED) is 0.658. The van der Waals surface area contributed by atoms with Crippen molar-refractivity contribution in [3.05, 3.63) is 36.7 Å². The summed E-state index contributed by atoms with van der Waals surface area (Å²) >= 11 is 0. The van der Waals surface area contributed by atoms with Gasteiger partial charge in [-0.25, -0.2) is 9.78 Å². The topological polar surface area (TPSA) is 107 Å². The smallest absolute Gasteiger partial charge is 0.407 e. The van der Waals surface area contributed by atoms with E-state index in [1.165, 1.54) is 6.92 Å². The van der Waals surface area contributed by atoms with Crippen molar-refractivity contribution in [3.8, 4) is 11.3 Å². The first-order valence-corrected chi connectivity index (χ1v) is 11.1. The molecule has 1 aromatic carbocycles. The molecule has 32 heavy (non-hydrogen) atoms. The fourth-order valence-corrected chi connectivity index (χ4v) is 5.46. The summed E-state index contributed by atoms with van der Waals surface area (Å²) < 4.78 is 0. The largest absolute Gasteiger partial charge is 0.465 e. The Morgan fingerprint density at radius 1 is 1.09 bits per heavy atom. The van der Waals surface area contributed by atoms with E-state index in [4.69, 9.17) is 0 Å². The molecular formula is C24H31N5O3. The normalized spacial score (nSPS) is 24.8. The van der Waals surface area contributed by atoms with Gasteiger partial charge < -0.3 is 20.6 Å². The highest BCUT2D eigenvalue weighted by molar-refractivity contribution is 5.88. The number of carbonyl (C=O) groups is 2. The molecule has 1 saturated heterocycles. The lowest BCUT2D eigenvalue weighted by Gasteiger charge is -2.37. The van der Waals surface area contributed by atoms with Crippen LogP contribution in [0.5, 0.6) is 0 Å². The van der Waals surface area contributed by atoms with E-state index in [0.717, 1.165) is 35.6 Å². The summed E-state index contributed by atoms with van der Waals surface area (Å²) in [5.74, 6) is 1.37. The van der Waals surface area contributed by atoms with Crippen molar-refractivity contribution >= 4 is 23.5 Å². The van der Waals surface area contributed by atoms with Crippen molar-refractivity contribution in [1.82, 2.24) is 14.9 Å². The van der Waals surface area contributed by atoms with Crippen molar-refractivity contribution in [2.24, 2.45) is 17.3 Å². The van der Waals surface area contributed by atoms with E-state index in [2.05, 4.69) is 41.4 Å². The third-order valence-corrected chi connectivity index (χ3v) is 6.56. The average molecular weight is 438 g/mol. The van der Waals surface area contributed by atoms with Crippen LogP contribution >= 0.6 is 0 Å². The van der Waals surface area contributed by atoms with E-state index in [0.29, 0.717) is 18.4 Å². The second kappa shape index (κ2) is 8.41. The number of anilines is 2. The van der Waals surface area contributed by atoms with E-state index < -0.39 is 6.09 Å². The molecule has 1 aliphatic carbocycles. The molecule has 8 heteroatoms. The summed E-state index contributed by atoms with van der Waals surface area (Å²) in [5.41, 5.74) is 2.34. The van der Waals surface area contributed by atoms with Gasteiger partial charge in [-0.05, 0) is 42.2 Å². The van der Waals surface area contributed by atoms with Gasteiger partial charge in [-0.1, -0.05) is 32.9 Å². The van der Waals surface area contributed by atoms with E-state index in [-0.39, 0.29) is 23.4 Å². The van der Waals surface area contributed by atoms with Crippen LogP contribution in [0.15, 0.2) is 36.7 Å². The molecule has 0 spiro atoms. The molecule has 4 rings (SSSR count). The predicted molar refractivity (Wildman–Crippen MR) is 123 cm³/mol. The van der Waals surface area contributed by atoms with Crippen LogP contribution in [0, 0.1) is 17.3 Å². The highest BCUT2D eigenvalue weighted by Crippen LogP contribution is 2.48. The zero-order valence-electron chi connectivity index (χ0n) is 19.0. The number of carbonyl (C=O) groups excluding carboxylic acids is 1. The molecule has 0 bridgehead atoms. The number of benzene rings is 1. The third-order valence-electron chi connectivity index (χ3n) is 6.56. The number of amides is 2. The van der Waals surface area contributed by atoms with Crippen LogP contribution in [0.1, 0.15) is 40.5 Å². The number of rotatable bonds is 4. The van der Waals surface area contributed by atoms with E-state index in [9.17, 15) is 14.7 Å². The Hall–Kier alpha value is -3.16. The van der Waals surface area contributed by atoms with Crippen molar-refractivity contribution in [1.29, 1.82) is 0 Å². The molecule has 4 atom stereocenters. The van der Waals surface area contributed by atoms with Gasteiger partial charge in [0.05, 0.1) is 18.1 Å².